The Labute approximate surface area is 288 Å². The minimum Gasteiger partial charge on any atom is -0.455 e. The molecule has 4 heteroatoms. The molecule has 4 nitrogen and oxygen atoms in total. The van der Waals surface area contributed by atoms with Crippen molar-refractivity contribution in [2.45, 2.75) is 0 Å². The van der Waals surface area contributed by atoms with Crippen molar-refractivity contribution in [3.8, 4) is 50.7 Å². The second-order valence-electron chi connectivity index (χ2n) is 12.6. The maximum atomic E-state index is 6.57. The zero-order chi connectivity index (χ0) is 33.0. The van der Waals surface area contributed by atoms with E-state index in [2.05, 4.69) is 132 Å². The molecule has 3 aromatic heterocycles. The van der Waals surface area contributed by atoms with E-state index < -0.39 is 0 Å². The Morgan fingerprint density at radius 1 is 0.400 bits per heavy atom. The molecule has 10 aromatic rings. The van der Waals surface area contributed by atoms with Crippen molar-refractivity contribution < 1.29 is 4.42 Å². The van der Waals surface area contributed by atoms with Gasteiger partial charge in [0.05, 0.1) is 22.4 Å². The Kier molecular flexibility index (Phi) is 6.46. The molecule has 0 amide bonds. The zero-order valence-electron chi connectivity index (χ0n) is 27.0. The highest BCUT2D eigenvalue weighted by Gasteiger charge is 2.19. The van der Waals surface area contributed by atoms with E-state index in [1.165, 1.54) is 10.8 Å². The molecule has 0 spiro atoms. The van der Waals surface area contributed by atoms with Gasteiger partial charge in [-0.1, -0.05) is 133 Å². The fraction of sp³-hybridized carbons (Fsp3) is 0. The molecule has 0 saturated carbocycles. The third-order valence-electron chi connectivity index (χ3n) is 9.59. The van der Waals surface area contributed by atoms with Crippen LogP contribution in [0.4, 0.5) is 0 Å². The second kappa shape index (κ2) is 11.4. The van der Waals surface area contributed by atoms with E-state index in [9.17, 15) is 0 Å². The minimum absolute atomic E-state index is 0.658. The van der Waals surface area contributed by atoms with E-state index in [1.54, 1.807) is 0 Å². The lowest BCUT2D eigenvalue weighted by molar-refractivity contribution is 0.670. The molecule has 50 heavy (non-hydrogen) atoms. The number of aromatic nitrogens is 3. The molecule has 3 heterocycles. The number of benzene rings is 7. The van der Waals surface area contributed by atoms with Gasteiger partial charge in [-0.05, 0) is 48.0 Å². The lowest BCUT2D eigenvalue weighted by atomic mass is 9.98. The third kappa shape index (κ3) is 4.61. The molecule has 0 atom stereocenters. The van der Waals surface area contributed by atoms with Crippen LogP contribution in [0.3, 0.4) is 0 Å². The predicted molar refractivity (Wildman–Crippen MR) is 205 cm³/mol. The Hall–Kier alpha value is -6.78. The first-order chi connectivity index (χ1) is 24.8. The second-order valence-corrected chi connectivity index (χ2v) is 12.6. The quantitative estimate of drug-likeness (QED) is 0.188. The normalized spacial score (nSPS) is 11.6. The summed E-state index contributed by atoms with van der Waals surface area (Å²) in [6.45, 7) is 0. The van der Waals surface area contributed by atoms with Crippen molar-refractivity contribution in [3.05, 3.63) is 176 Å². The van der Waals surface area contributed by atoms with E-state index >= 15 is 0 Å². The summed E-state index contributed by atoms with van der Waals surface area (Å²) >= 11 is 0. The highest BCUT2D eigenvalue weighted by atomic mass is 16.3. The maximum Gasteiger partial charge on any atom is 0.160 e. The first-order valence-corrected chi connectivity index (χ1v) is 16.8. The number of rotatable bonds is 5. The molecule has 0 saturated heterocycles. The molecule has 0 fully saturated rings. The maximum absolute atomic E-state index is 6.57. The van der Waals surface area contributed by atoms with Gasteiger partial charge in [0.2, 0.25) is 0 Å². The van der Waals surface area contributed by atoms with Gasteiger partial charge in [0.15, 0.2) is 5.82 Å². The highest BCUT2D eigenvalue weighted by Crippen LogP contribution is 2.40. The standard InChI is InChI=1S/C46H29N3O/c1-3-14-30(15-4-1)40-29-41(31-16-5-2-6-17-31)48-46(47-40)33-26-32(35-21-13-22-39-38-20-9-12-25-44(38)50-45(35)39)27-34(28-33)49-42-23-10-7-18-36(42)37-19-8-11-24-43(37)49/h1-29H. The van der Waals surface area contributed by atoms with Gasteiger partial charge in [-0.25, -0.2) is 9.97 Å². The van der Waals surface area contributed by atoms with E-state index in [0.717, 1.165) is 77.9 Å². The lowest BCUT2D eigenvalue weighted by Gasteiger charge is -2.15. The summed E-state index contributed by atoms with van der Waals surface area (Å²) in [5, 5.41) is 4.62. The molecule has 0 aliphatic heterocycles. The molecule has 0 aliphatic rings. The average Bonchev–Trinajstić information content (AvgIpc) is 3.74. The monoisotopic (exact) mass is 639 g/mol. The van der Waals surface area contributed by atoms with Gasteiger partial charge in [-0.3, -0.25) is 0 Å². The summed E-state index contributed by atoms with van der Waals surface area (Å²) in [7, 11) is 0. The SMILES string of the molecule is c1ccc(-c2cc(-c3ccccc3)nc(-c3cc(-c4cccc5c4oc4ccccc45)cc(-n4c5ccccc5c5ccccc54)c3)n2)cc1. The molecular formula is C46H29N3O. The smallest absolute Gasteiger partial charge is 0.160 e. The number of hydrogen-bond acceptors (Lipinski definition) is 3. The lowest BCUT2D eigenvalue weighted by Crippen LogP contribution is -1.99. The van der Waals surface area contributed by atoms with Crippen LogP contribution in [0.15, 0.2) is 180 Å². The molecule has 234 valence electrons. The van der Waals surface area contributed by atoms with Gasteiger partial charge in [-0.2, -0.15) is 0 Å². The summed E-state index contributed by atoms with van der Waals surface area (Å²) in [4.78, 5) is 10.5. The van der Waals surface area contributed by atoms with Crippen LogP contribution in [-0.4, -0.2) is 14.5 Å². The first-order valence-electron chi connectivity index (χ1n) is 16.8. The van der Waals surface area contributed by atoms with E-state index in [0.29, 0.717) is 5.82 Å². The minimum atomic E-state index is 0.658. The van der Waals surface area contributed by atoms with Gasteiger partial charge in [0, 0.05) is 49.5 Å². The van der Waals surface area contributed by atoms with Gasteiger partial charge in [0.25, 0.3) is 0 Å². The summed E-state index contributed by atoms with van der Waals surface area (Å²) in [5.41, 5.74) is 11.8. The Balaban J connectivity index is 1.29. The van der Waals surface area contributed by atoms with Crippen molar-refractivity contribution in [1.82, 2.24) is 14.5 Å². The summed E-state index contributed by atoms with van der Waals surface area (Å²) < 4.78 is 8.93. The largest absolute Gasteiger partial charge is 0.455 e. The molecule has 0 aliphatic carbocycles. The van der Waals surface area contributed by atoms with Crippen LogP contribution in [-0.2, 0) is 0 Å². The van der Waals surface area contributed by atoms with Crippen LogP contribution in [0.25, 0.3) is 94.5 Å². The zero-order valence-corrected chi connectivity index (χ0v) is 27.0. The van der Waals surface area contributed by atoms with Crippen molar-refractivity contribution in [2.24, 2.45) is 0 Å². The highest BCUT2D eigenvalue weighted by molar-refractivity contribution is 6.11. The van der Waals surface area contributed by atoms with Gasteiger partial charge in [-0.15, -0.1) is 0 Å². The number of hydrogen-bond donors (Lipinski definition) is 0. The van der Waals surface area contributed by atoms with E-state index in [1.807, 2.05) is 48.5 Å². The number of furan rings is 1. The molecule has 0 bridgehead atoms. The number of fused-ring (bicyclic) bond motifs is 6. The van der Waals surface area contributed by atoms with Crippen molar-refractivity contribution >= 4 is 43.7 Å². The molecule has 0 unspecified atom stereocenters. The summed E-state index contributed by atoms with van der Waals surface area (Å²) in [6.07, 6.45) is 0. The molecular weight excluding hydrogens is 611 g/mol. The molecule has 0 radical (unpaired) electrons. The summed E-state index contributed by atoms with van der Waals surface area (Å²) in [6, 6.07) is 61.3. The topological polar surface area (TPSA) is 43.9 Å². The Morgan fingerprint density at radius 3 is 1.60 bits per heavy atom. The molecule has 7 aromatic carbocycles. The van der Waals surface area contributed by atoms with E-state index in [4.69, 9.17) is 14.4 Å². The first kappa shape index (κ1) is 28.3. The van der Waals surface area contributed by atoms with Gasteiger partial charge in [0.1, 0.15) is 11.2 Å². The van der Waals surface area contributed by atoms with Crippen LogP contribution < -0.4 is 0 Å². The predicted octanol–water partition coefficient (Wildman–Crippen LogP) is 12.1. The van der Waals surface area contributed by atoms with Crippen LogP contribution in [0.1, 0.15) is 0 Å². The fourth-order valence-corrected chi connectivity index (χ4v) is 7.29. The summed E-state index contributed by atoms with van der Waals surface area (Å²) in [5.74, 6) is 0.658. The Bertz CT molecular complexity index is 2760. The fourth-order valence-electron chi connectivity index (χ4n) is 7.29. The number of nitrogens with zero attached hydrogens (tertiary/aromatic N) is 3. The molecule has 10 rings (SSSR count). The van der Waals surface area contributed by atoms with Crippen LogP contribution in [0.5, 0.6) is 0 Å². The van der Waals surface area contributed by atoms with Gasteiger partial charge < -0.3 is 8.98 Å². The van der Waals surface area contributed by atoms with Crippen LogP contribution in [0.2, 0.25) is 0 Å². The van der Waals surface area contributed by atoms with Gasteiger partial charge >= 0.3 is 0 Å². The van der Waals surface area contributed by atoms with Crippen molar-refractivity contribution in [3.63, 3.8) is 0 Å². The number of para-hydroxylation sites is 4. The third-order valence-corrected chi connectivity index (χ3v) is 9.59. The van der Waals surface area contributed by atoms with Crippen molar-refractivity contribution in [1.29, 1.82) is 0 Å². The van der Waals surface area contributed by atoms with Crippen LogP contribution in [0, 0.1) is 0 Å². The van der Waals surface area contributed by atoms with Crippen molar-refractivity contribution in [2.75, 3.05) is 0 Å². The average molecular weight is 640 g/mol. The molecule has 0 N–H and O–H groups in total. The Morgan fingerprint density at radius 2 is 0.940 bits per heavy atom. The van der Waals surface area contributed by atoms with Crippen LogP contribution >= 0.6 is 0 Å². The van der Waals surface area contributed by atoms with E-state index in [-0.39, 0.29) is 0 Å².